The highest BCUT2D eigenvalue weighted by Gasteiger charge is 2.25. The molecule has 1 saturated heterocycles. The summed E-state index contributed by atoms with van der Waals surface area (Å²) in [6, 6.07) is -3.83. The van der Waals surface area contributed by atoms with E-state index in [2.05, 4.69) is 31.1 Å². The molecular weight excluding hydrogens is 841 g/mol. The van der Waals surface area contributed by atoms with Crippen LogP contribution >= 0.6 is 0 Å². The van der Waals surface area contributed by atoms with Crippen molar-refractivity contribution in [2.75, 3.05) is 92.1 Å². The lowest BCUT2D eigenvalue weighted by molar-refractivity contribution is -0.141. The van der Waals surface area contributed by atoms with Gasteiger partial charge in [0.05, 0.1) is 19.6 Å². The standard InChI is InChI=1S/C42H74N8O14/c1-47-21-23-48(25-26-50(31-39(58)59)28-27-49(24-22-47)30-38(56)57)29-32(51)13-7-3-2-6-11-19-43-35(52)15-8-4-5-9-16-36(53)44-20-12-10-14-33(40(60)61)45-42(64)46-34(41(62)63)17-18-37(54)55/h33-34H,2-31H2,1H3,(H,43,52)(H,44,53)(H,54,55)(H,56,57)(H,58,59)(H,60,61)(H,62,63)(H2,45,46,64)/t33-,34-/m0/s1. The van der Waals surface area contributed by atoms with Gasteiger partial charge in [-0.25, -0.2) is 14.4 Å². The average Bonchev–Trinajstić information content (AvgIpc) is 3.21. The molecular formula is C42H74N8O14. The molecule has 0 radical (unpaired) electrons. The average molecular weight is 915 g/mol. The molecule has 9 N–H and O–H groups in total. The summed E-state index contributed by atoms with van der Waals surface area (Å²) in [7, 11) is 1.97. The zero-order valence-electron chi connectivity index (χ0n) is 37.6. The number of carboxylic acid groups (broad SMARTS) is 5. The predicted octanol–water partition coefficient (Wildman–Crippen LogP) is 0.730. The third kappa shape index (κ3) is 31.0. The zero-order chi connectivity index (χ0) is 47.7. The van der Waals surface area contributed by atoms with Crippen LogP contribution in [0.15, 0.2) is 0 Å². The molecule has 0 aromatic heterocycles. The van der Waals surface area contributed by atoms with Crippen molar-refractivity contribution < 1.29 is 68.7 Å². The number of hydrogen-bond donors (Lipinski definition) is 9. The molecule has 22 heteroatoms. The number of amides is 4. The number of carbonyl (C=O) groups is 9. The first-order valence-corrected chi connectivity index (χ1v) is 22.5. The Balaban J connectivity index is 2.15. The molecule has 2 atom stereocenters. The molecule has 1 aliphatic rings. The highest BCUT2D eigenvalue weighted by Crippen LogP contribution is 2.09. The van der Waals surface area contributed by atoms with Gasteiger partial charge in [-0.15, -0.1) is 0 Å². The maximum Gasteiger partial charge on any atom is 0.326 e. The van der Waals surface area contributed by atoms with Crippen molar-refractivity contribution in [3.8, 4) is 0 Å². The van der Waals surface area contributed by atoms with Gasteiger partial charge in [0.25, 0.3) is 0 Å². The molecule has 1 aliphatic heterocycles. The van der Waals surface area contributed by atoms with E-state index >= 15 is 0 Å². The molecule has 1 fully saturated rings. The van der Waals surface area contributed by atoms with Gasteiger partial charge in [-0.05, 0) is 58.4 Å². The fourth-order valence-corrected chi connectivity index (χ4v) is 6.97. The van der Waals surface area contributed by atoms with Crippen LogP contribution in [-0.4, -0.2) is 203 Å². The van der Waals surface area contributed by atoms with E-state index in [1.807, 2.05) is 11.9 Å². The van der Waals surface area contributed by atoms with Crippen molar-refractivity contribution >= 4 is 53.5 Å². The molecule has 0 unspecified atom stereocenters. The maximum absolute atomic E-state index is 12.9. The Kier molecular flexibility index (Phi) is 30.7. The summed E-state index contributed by atoms with van der Waals surface area (Å²) in [4.78, 5) is 114. The van der Waals surface area contributed by atoms with E-state index in [1.165, 1.54) is 0 Å². The Morgan fingerprint density at radius 2 is 0.828 bits per heavy atom. The number of nitrogens with zero attached hydrogens (tertiary/aromatic N) is 4. The van der Waals surface area contributed by atoms with Crippen LogP contribution in [0.4, 0.5) is 4.79 Å². The molecule has 4 amide bonds. The van der Waals surface area contributed by atoms with Crippen molar-refractivity contribution in [3.05, 3.63) is 0 Å². The number of aliphatic carboxylic acids is 5. The molecule has 0 aliphatic carbocycles. The molecule has 22 nitrogen and oxygen atoms in total. The fourth-order valence-electron chi connectivity index (χ4n) is 6.97. The molecule has 1 heterocycles. The van der Waals surface area contributed by atoms with Gasteiger partial charge < -0.3 is 51.7 Å². The third-order valence-electron chi connectivity index (χ3n) is 10.8. The van der Waals surface area contributed by atoms with Crippen molar-refractivity contribution in [1.29, 1.82) is 0 Å². The van der Waals surface area contributed by atoms with E-state index in [0.717, 1.165) is 44.9 Å². The van der Waals surface area contributed by atoms with E-state index in [0.29, 0.717) is 117 Å². The van der Waals surface area contributed by atoms with Crippen LogP contribution in [0.25, 0.3) is 0 Å². The van der Waals surface area contributed by atoms with Crippen molar-refractivity contribution in [1.82, 2.24) is 40.9 Å². The van der Waals surface area contributed by atoms with Gasteiger partial charge >= 0.3 is 35.9 Å². The van der Waals surface area contributed by atoms with Crippen LogP contribution in [0.1, 0.15) is 109 Å². The summed E-state index contributed by atoms with van der Waals surface area (Å²) in [5, 5.41) is 55.9. The van der Waals surface area contributed by atoms with Gasteiger partial charge in [-0.1, -0.05) is 32.1 Å². The molecule has 0 bridgehead atoms. The largest absolute Gasteiger partial charge is 0.481 e. The molecule has 0 spiro atoms. The third-order valence-corrected chi connectivity index (χ3v) is 10.8. The first-order valence-electron chi connectivity index (χ1n) is 22.5. The minimum atomic E-state index is -1.49. The van der Waals surface area contributed by atoms with Gasteiger partial charge in [-0.2, -0.15) is 0 Å². The fraction of sp³-hybridized carbons (Fsp3) is 0.786. The number of Topliss-reactive ketones (excluding diaryl/α,β-unsaturated/α-hetero) is 1. The highest BCUT2D eigenvalue weighted by atomic mass is 16.4. The summed E-state index contributed by atoms with van der Waals surface area (Å²) >= 11 is 0. The number of ketones is 1. The van der Waals surface area contributed by atoms with Crippen molar-refractivity contribution in [3.63, 3.8) is 0 Å². The van der Waals surface area contributed by atoms with Gasteiger partial charge in [0.15, 0.2) is 0 Å². The quantitative estimate of drug-likeness (QED) is 0.0410. The zero-order valence-corrected chi connectivity index (χ0v) is 37.6. The van der Waals surface area contributed by atoms with Gasteiger partial charge in [0.2, 0.25) is 11.8 Å². The van der Waals surface area contributed by atoms with E-state index < -0.39 is 54.4 Å². The molecule has 64 heavy (non-hydrogen) atoms. The summed E-state index contributed by atoms with van der Waals surface area (Å²) in [5.41, 5.74) is 0. The smallest absolute Gasteiger partial charge is 0.326 e. The predicted molar refractivity (Wildman–Crippen MR) is 234 cm³/mol. The minimum absolute atomic E-state index is 0.0105. The Bertz CT molecular complexity index is 1470. The maximum atomic E-state index is 12.9. The number of rotatable bonds is 33. The normalized spacial score (nSPS) is 15.7. The topological polar surface area (TPSA) is 316 Å². The SMILES string of the molecule is CN1CCN(CC(=O)O)CCN(CC(=O)O)CCN(CC(=O)CCCCCCCNC(=O)CCCCCCC(=O)NCCCC[C@H](NC(=O)N[C@@H](CCC(=O)O)C(=O)O)C(=O)O)CC1. The lowest BCUT2D eigenvalue weighted by atomic mass is 10.1. The second-order valence-corrected chi connectivity index (χ2v) is 16.4. The second kappa shape index (κ2) is 34.5. The Morgan fingerprint density at radius 3 is 1.28 bits per heavy atom. The van der Waals surface area contributed by atoms with Crippen LogP contribution in [0, 0.1) is 0 Å². The van der Waals surface area contributed by atoms with E-state index in [9.17, 15) is 58.5 Å². The Labute approximate surface area is 375 Å². The van der Waals surface area contributed by atoms with Crippen LogP contribution in [-0.2, 0) is 38.4 Å². The number of carbonyl (C=O) groups excluding carboxylic acids is 4. The Hall–Kier alpha value is -4.93. The molecule has 0 saturated carbocycles. The summed E-state index contributed by atoms with van der Waals surface area (Å²) < 4.78 is 0. The lowest BCUT2D eigenvalue weighted by Crippen LogP contribution is -2.51. The molecule has 0 aromatic rings. The van der Waals surface area contributed by atoms with Gasteiger partial charge in [0.1, 0.15) is 17.9 Å². The van der Waals surface area contributed by atoms with Crippen molar-refractivity contribution in [2.45, 2.75) is 121 Å². The van der Waals surface area contributed by atoms with E-state index in [-0.39, 0.29) is 43.5 Å². The Morgan fingerprint density at radius 1 is 0.438 bits per heavy atom. The second-order valence-electron chi connectivity index (χ2n) is 16.4. The number of carboxylic acids is 5. The van der Waals surface area contributed by atoms with Crippen LogP contribution in [0.2, 0.25) is 0 Å². The molecule has 0 aromatic carbocycles. The monoisotopic (exact) mass is 915 g/mol. The first-order chi connectivity index (χ1) is 30.4. The first kappa shape index (κ1) is 57.1. The van der Waals surface area contributed by atoms with E-state index in [1.54, 1.807) is 4.90 Å². The van der Waals surface area contributed by atoms with Crippen LogP contribution < -0.4 is 21.3 Å². The van der Waals surface area contributed by atoms with Crippen LogP contribution in [0.3, 0.4) is 0 Å². The number of unbranched alkanes of at least 4 members (excludes halogenated alkanes) is 8. The molecule has 1 rings (SSSR count). The summed E-state index contributed by atoms with van der Waals surface area (Å²) in [5.74, 6) is -5.88. The number of hydrogen-bond acceptors (Lipinski definition) is 13. The van der Waals surface area contributed by atoms with Gasteiger partial charge in [0, 0.05) is 91.1 Å². The van der Waals surface area contributed by atoms with Crippen LogP contribution in [0.5, 0.6) is 0 Å². The summed E-state index contributed by atoms with van der Waals surface area (Å²) in [6.45, 7) is 5.37. The van der Waals surface area contributed by atoms with Crippen molar-refractivity contribution in [2.24, 2.45) is 0 Å². The summed E-state index contributed by atoms with van der Waals surface area (Å²) in [6.07, 6.45) is 8.55. The van der Waals surface area contributed by atoms with Gasteiger partial charge in [-0.3, -0.25) is 43.5 Å². The number of nitrogens with one attached hydrogen (secondary N) is 4. The number of urea groups is 1. The van der Waals surface area contributed by atoms with E-state index in [4.69, 9.17) is 10.2 Å². The molecule has 366 valence electrons. The highest BCUT2D eigenvalue weighted by molar-refractivity contribution is 5.86. The number of likely N-dealkylation sites (N-methyl/N-ethyl adjacent to an activating group) is 1. The lowest BCUT2D eigenvalue weighted by Gasteiger charge is -2.32. The minimum Gasteiger partial charge on any atom is -0.481 e.